The van der Waals surface area contributed by atoms with Gasteiger partial charge < -0.3 is 15.7 Å². The van der Waals surface area contributed by atoms with Crippen molar-refractivity contribution in [2.75, 3.05) is 24.6 Å². The highest BCUT2D eigenvalue weighted by Gasteiger charge is 2.34. The monoisotopic (exact) mass is 289 g/mol. The maximum Gasteiger partial charge on any atom is 0.417 e. The molecule has 1 rings (SSSR count). The summed E-state index contributed by atoms with van der Waals surface area (Å²) in [5.41, 5.74) is 4.36. The van der Waals surface area contributed by atoms with Crippen LogP contribution in [0.5, 0.6) is 0 Å². The number of hydrogen-bond acceptors (Lipinski definition) is 3. The van der Waals surface area contributed by atoms with Crippen molar-refractivity contribution in [1.82, 2.24) is 0 Å². The molecule has 0 aliphatic rings. The predicted molar refractivity (Wildman–Crippen MR) is 72.0 cm³/mol. The molecule has 0 unspecified atom stereocenters. The van der Waals surface area contributed by atoms with Crippen LogP contribution < -0.4 is 10.6 Å². The minimum atomic E-state index is -4.56. The highest BCUT2D eigenvalue weighted by molar-refractivity contribution is 5.97. The second-order valence-electron chi connectivity index (χ2n) is 4.30. The first kappa shape index (κ1) is 16.3. The van der Waals surface area contributed by atoms with E-state index in [-0.39, 0.29) is 12.2 Å². The van der Waals surface area contributed by atoms with Gasteiger partial charge in [-0.3, -0.25) is 5.41 Å². The summed E-state index contributed by atoms with van der Waals surface area (Å²) >= 11 is 0. The molecule has 20 heavy (non-hydrogen) atoms. The summed E-state index contributed by atoms with van der Waals surface area (Å²) < 4.78 is 39.0. The summed E-state index contributed by atoms with van der Waals surface area (Å²) in [7, 11) is 0. The number of hydrogen-bond donors (Lipinski definition) is 3. The lowest BCUT2D eigenvalue weighted by atomic mass is 10.0. The Bertz CT molecular complexity index is 474. The van der Waals surface area contributed by atoms with E-state index in [1.54, 1.807) is 4.90 Å². The van der Waals surface area contributed by atoms with Crippen LogP contribution in [0.1, 0.15) is 24.5 Å². The van der Waals surface area contributed by atoms with E-state index in [4.69, 9.17) is 16.2 Å². The van der Waals surface area contributed by atoms with Crippen LogP contribution in [0.3, 0.4) is 0 Å². The first-order valence-corrected chi connectivity index (χ1v) is 6.22. The molecule has 0 fully saturated rings. The number of nitrogen functional groups attached to an aromatic ring is 1. The first-order valence-electron chi connectivity index (χ1n) is 6.22. The fourth-order valence-corrected chi connectivity index (χ4v) is 1.93. The molecule has 0 spiro atoms. The summed E-state index contributed by atoms with van der Waals surface area (Å²) in [5, 5.41) is 16.0. The normalized spacial score (nSPS) is 11.4. The van der Waals surface area contributed by atoms with Gasteiger partial charge in [0.05, 0.1) is 5.56 Å². The molecule has 0 atom stereocenters. The van der Waals surface area contributed by atoms with E-state index in [9.17, 15) is 13.2 Å². The van der Waals surface area contributed by atoms with Gasteiger partial charge in [0, 0.05) is 30.9 Å². The Kier molecular flexibility index (Phi) is 5.38. The van der Waals surface area contributed by atoms with E-state index >= 15 is 0 Å². The summed E-state index contributed by atoms with van der Waals surface area (Å²) in [5.74, 6) is -0.609. The molecule has 4 N–H and O–H groups in total. The largest absolute Gasteiger partial charge is 0.417 e. The number of aliphatic hydroxyl groups is 1. The molecule has 0 saturated heterocycles. The van der Waals surface area contributed by atoms with Crippen molar-refractivity contribution in [3.63, 3.8) is 0 Å². The van der Waals surface area contributed by atoms with E-state index in [0.717, 1.165) is 6.07 Å². The van der Waals surface area contributed by atoms with Crippen LogP contribution >= 0.6 is 0 Å². The standard InChI is InChI=1S/C13H18F3N3O/c1-2-19(6-3-7-20)9-4-5-10(12(17)18)11(8-9)13(14,15)16/h4-5,8,20H,2-3,6-7H2,1H3,(H3,17,18). The van der Waals surface area contributed by atoms with Crippen LogP contribution in [-0.4, -0.2) is 30.6 Å². The van der Waals surface area contributed by atoms with Gasteiger partial charge in [-0.05, 0) is 31.5 Å². The molecule has 0 bridgehead atoms. The molecule has 1 aromatic rings. The van der Waals surface area contributed by atoms with Gasteiger partial charge in [-0.2, -0.15) is 13.2 Å². The molecular formula is C13H18F3N3O. The van der Waals surface area contributed by atoms with E-state index < -0.39 is 17.6 Å². The van der Waals surface area contributed by atoms with Crippen LogP contribution in [0.25, 0.3) is 0 Å². The maximum absolute atomic E-state index is 13.0. The van der Waals surface area contributed by atoms with Crippen LogP contribution in [0, 0.1) is 5.41 Å². The lowest BCUT2D eigenvalue weighted by molar-refractivity contribution is -0.137. The number of anilines is 1. The molecule has 0 heterocycles. The Hall–Kier alpha value is -1.76. The van der Waals surface area contributed by atoms with Crippen molar-refractivity contribution < 1.29 is 18.3 Å². The fourth-order valence-electron chi connectivity index (χ4n) is 1.93. The van der Waals surface area contributed by atoms with Crippen molar-refractivity contribution in [2.24, 2.45) is 5.73 Å². The number of nitrogens with zero attached hydrogens (tertiary/aromatic N) is 1. The van der Waals surface area contributed by atoms with E-state index in [2.05, 4.69) is 0 Å². The van der Waals surface area contributed by atoms with Crippen molar-refractivity contribution in [2.45, 2.75) is 19.5 Å². The number of nitrogens with one attached hydrogen (secondary N) is 1. The Morgan fingerprint density at radius 2 is 2.05 bits per heavy atom. The average Bonchev–Trinajstić information content (AvgIpc) is 2.38. The van der Waals surface area contributed by atoms with Crippen LogP contribution in [0.4, 0.5) is 18.9 Å². The Morgan fingerprint density at radius 1 is 1.40 bits per heavy atom. The van der Waals surface area contributed by atoms with Crippen molar-refractivity contribution in [1.29, 1.82) is 5.41 Å². The van der Waals surface area contributed by atoms with Crippen LogP contribution in [0.15, 0.2) is 18.2 Å². The number of halogens is 3. The van der Waals surface area contributed by atoms with Crippen molar-refractivity contribution in [3.8, 4) is 0 Å². The second kappa shape index (κ2) is 6.60. The molecule has 0 aliphatic carbocycles. The topological polar surface area (TPSA) is 73.3 Å². The minimum absolute atomic E-state index is 0.0197. The van der Waals surface area contributed by atoms with Gasteiger partial charge in [0.15, 0.2) is 0 Å². The van der Waals surface area contributed by atoms with Gasteiger partial charge in [0.25, 0.3) is 0 Å². The van der Waals surface area contributed by atoms with Gasteiger partial charge in [-0.15, -0.1) is 0 Å². The third-order valence-corrected chi connectivity index (χ3v) is 2.93. The molecule has 0 aliphatic heterocycles. The highest BCUT2D eigenvalue weighted by Crippen LogP contribution is 2.34. The zero-order valence-electron chi connectivity index (χ0n) is 11.2. The first-order chi connectivity index (χ1) is 9.31. The van der Waals surface area contributed by atoms with E-state index in [1.807, 2.05) is 6.92 Å². The van der Waals surface area contributed by atoms with Gasteiger partial charge in [-0.1, -0.05) is 0 Å². The quantitative estimate of drug-likeness (QED) is 0.555. The number of amidine groups is 1. The van der Waals surface area contributed by atoms with Gasteiger partial charge in [0.1, 0.15) is 5.84 Å². The molecule has 4 nitrogen and oxygen atoms in total. The van der Waals surface area contributed by atoms with Crippen LogP contribution in [-0.2, 0) is 6.18 Å². The lowest BCUT2D eigenvalue weighted by Crippen LogP contribution is -2.26. The lowest BCUT2D eigenvalue weighted by Gasteiger charge is -2.24. The Balaban J connectivity index is 3.21. The van der Waals surface area contributed by atoms with E-state index in [0.29, 0.717) is 25.2 Å². The zero-order chi connectivity index (χ0) is 15.3. The van der Waals surface area contributed by atoms with Crippen molar-refractivity contribution >= 4 is 11.5 Å². The molecule has 112 valence electrons. The number of benzene rings is 1. The summed E-state index contributed by atoms with van der Waals surface area (Å²) in [6, 6.07) is 3.71. The van der Waals surface area contributed by atoms with E-state index in [1.165, 1.54) is 12.1 Å². The molecule has 0 saturated carbocycles. The summed E-state index contributed by atoms with van der Waals surface area (Å²) in [6.45, 7) is 2.79. The minimum Gasteiger partial charge on any atom is -0.396 e. The zero-order valence-corrected chi connectivity index (χ0v) is 11.2. The maximum atomic E-state index is 13.0. The SMILES string of the molecule is CCN(CCCO)c1ccc(C(=N)N)c(C(F)(F)F)c1. The Labute approximate surface area is 115 Å². The molecule has 0 radical (unpaired) electrons. The second-order valence-corrected chi connectivity index (χ2v) is 4.30. The summed E-state index contributed by atoms with van der Waals surface area (Å²) in [4.78, 5) is 1.73. The van der Waals surface area contributed by atoms with Gasteiger partial charge >= 0.3 is 6.18 Å². The smallest absolute Gasteiger partial charge is 0.396 e. The third kappa shape index (κ3) is 3.86. The number of nitrogens with two attached hydrogens (primary N) is 1. The van der Waals surface area contributed by atoms with Gasteiger partial charge in [-0.25, -0.2) is 0 Å². The Morgan fingerprint density at radius 3 is 2.50 bits per heavy atom. The van der Waals surface area contributed by atoms with Gasteiger partial charge in [0.2, 0.25) is 0 Å². The van der Waals surface area contributed by atoms with Crippen LogP contribution in [0.2, 0.25) is 0 Å². The predicted octanol–water partition coefficient (Wildman–Crippen LogP) is 2.20. The highest BCUT2D eigenvalue weighted by atomic mass is 19.4. The summed E-state index contributed by atoms with van der Waals surface area (Å²) in [6.07, 6.45) is -4.09. The number of alkyl halides is 3. The third-order valence-electron chi connectivity index (χ3n) is 2.93. The molecule has 1 aromatic carbocycles. The number of rotatable bonds is 6. The average molecular weight is 289 g/mol. The molecule has 0 aromatic heterocycles. The molecule has 7 heteroatoms. The number of aliphatic hydroxyl groups excluding tert-OH is 1. The molecule has 0 amide bonds. The molecular weight excluding hydrogens is 271 g/mol. The van der Waals surface area contributed by atoms with Crippen molar-refractivity contribution in [3.05, 3.63) is 29.3 Å². The fraction of sp³-hybridized carbons (Fsp3) is 0.462.